The highest BCUT2D eigenvalue weighted by Crippen LogP contribution is 2.21. The normalized spacial score (nSPS) is 10.2. The van der Waals surface area contributed by atoms with E-state index >= 15 is 0 Å². The van der Waals surface area contributed by atoms with E-state index in [0.717, 1.165) is 15.7 Å². The van der Waals surface area contributed by atoms with Gasteiger partial charge in [0.1, 0.15) is 0 Å². The van der Waals surface area contributed by atoms with Crippen molar-refractivity contribution in [3.63, 3.8) is 0 Å². The topological polar surface area (TPSA) is 38.3 Å². The Morgan fingerprint density at radius 3 is 2.70 bits per heavy atom. The SMILES string of the molecule is COC(=O)c1ccccc1CNc1ccc(C)c(Br)c1. The van der Waals surface area contributed by atoms with Crippen molar-refractivity contribution in [2.75, 3.05) is 12.4 Å². The van der Waals surface area contributed by atoms with Crippen LogP contribution in [0.4, 0.5) is 5.69 Å². The molecule has 0 amide bonds. The first-order valence-electron chi connectivity index (χ1n) is 6.28. The van der Waals surface area contributed by atoms with Gasteiger partial charge >= 0.3 is 5.97 Å². The van der Waals surface area contributed by atoms with Gasteiger partial charge in [-0.3, -0.25) is 0 Å². The summed E-state index contributed by atoms with van der Waals surface area (Å²) in [5.41, 5.74) is 3.69. The molecule has 104 valence electrons. The quantitative estimate of drug-likeness (QED) is 0.854. The number of rotatable bonds is 4. The summed E-state index contributed by atoms with van der Waals surface area (Å²) < 4.78 is 5.85. The van der Waals surface area contributed by atoms with Crippen molar-refractivity contribution in [1.82, 2.24) is 0 Å². The molecule has 0 radical (unpaired) electrons. The second-order valence-electron chi connectivity index (χ2n) is 4.47. The summed E-state index contributed by atoms with van der Waals surface area (Å²) in [6.07, 6.45) is 0. The summed E-state index contributed by atoms with van der Waals surface area (Å²) in [4.78, 5) is 11.7. The van der Waals surface area contributed by atoms with E-state index in [2.05, 4.69) is 21.2 Å². The van der Waals surface area contributed by atoms with E-state index in [4.69, 9.17) is 4.74 Å². The number of aryl methyl sites for hydroxylation is 1. The molecule has 0 bridgehead atoms. The Hall–Kier alpha value is -1.81. The standard InChI is InChI=1S/C16H16BrNO2/c1-11-7-8-13(9-15(11)17)18-10-12-5-3-4-6-14(12)16(19)20-2/h3-9,18H,10H2,1-2H3. The number of anilines is 1. The predicted molar refractivity (Wildman–Crippen MR) is 84.0 cm³/mol. The Morgan fingerprint density at radius 2 is 2.00 bits per heavy atom. The molecule has 2 aromatic carbocycles. The Morgan fingerprint density at radius 1 is 1.25 bits per heavy atom. The number of carbonyl (C=O) groups is 1. The molecule has 0 aliphatic heterocycles. The van der Waals surface area contributed by atoms with Crippen molar-refractivity contribution in [3.05, 3.63) is 63.6 Å². The number of esters is 1. The van der Waals surface area contributed by atoms with Gasteiger partial charge in [-0.15, -0.1) is 0 Å². The van der Waals surface area contributed by atoms with E-state index in [9.17, 15) is 4.79 Å². The molecule has 0 aromatic heterocycles. The average molecular weight is 334 g/mol. The molecular formula is C16H16BrNO2. The fraction of sp³-hybridized carbons (Fsp3) is 0.188. The Bertz CT molecular complexity index is 626. The predicted octanol–water partition coefficient (Wildman–Crippen LogP) is 4.16. The number of nitrogens with one attached hydrogen (secondary N) is 1. The van der Waals surface area contributed by atoms with Crippen molar-refractivity contribution < 1.29 is 9.53 Å². The summed E-state index contributed by atoms with van der Waals surface area (Å²) in [7, 11) is 1.39. The molecule has 0 aliphatic rings. The second kappa shape index (κ2) is 6.57. The molecule has 0 heterocycles. The zero-order valence-corrected chi connectivity index (χ0v) is 13.0. The molecule has 0 unspecified atom stereocenters. The Kier molecular flexibility index (Phi) is 4.79. The molecule has 1 N–H and O–H groups in total. The van der Waals surface area contributed by atoms with Crippen LogP contribution in [0, 0.1) is 6.92 Å². The van der Waals surface area contributed by atoms with Crippen LogP contribution in [-0.4, -0.2) is 13.1 Å². The lowest BCUT2D eigenvalue weighted by atomic mass is 10.1. The van der Waals surface area contributed by atoms with Crippen LogP contribution in [0.5, 0.6) is 0 Å². The molecule has 20 heavy (non-hydrogen) atoms. The molecule has 3 nitrogen and oxygen atoms in total. The van der Waals surface area contributed by atoms with Crippen molar-refractivity contribution in [2.24, 2.45) is 0 Å². The van der Waals surface area contributed by atoms with E-state index in [0.29, 0.717) is 12.1 Å². The molecule has 2 rings (SSSR count). The lowest BCUT2D eigenvalue weighted by molar-refractivity contribution is 0.0599. The summed E-state index contributed by atoms with van der Waals surface area (Å²) >= 11 is 3.51. The fourth-order valence-electron chi connectivity index (χ4n) is 1.88. The Balaban J connectivity index is 2.14. The number of methoxy groups -OCH3 is 1. The number of carbonyl (C=O) groups excluding carboxylic acids is 1. The monoisotopic (exact) mass is 333 g/mol. The molecule has 0 saturated carbocycles. The maximum absolute atomic E-state index is 11.7. The largest absolute Gasteiger partial charge is 0.465 e. The van der Waals surface area contributed by atoms with Gasteiger partial charge in [0.15, 0.2) is 0 Å². The van der Waals surface area contributed by atoms with Gasteiger partial charge in [-0.2, -0.15) is 0 Å². The van der Waals surface area contributed by atoms with Gasteiger partial charge < -0.3 is 10.1 Å². The second-order valence-corrected chi connectivity index (χ2v) is 5.32. The zero-order chi connectivity index (χ0) is 14.5. The minimum absolute atomic E-state index is 0.313. The zero-order valence-electron chi connectivity index (χ0n) is 11.4. The first kappa shape index (κ1) is 14.6. The van der Waals surface area contributed by atoms with E-state index in [1.807, 2.05) is 43.3 Å². The Labute approximate surface area is 127 Å². The highest BCUT2D eigenvalue weighted by molar-refractivity contribution is 9.10. The third-order valence-corrected chi connectivity index (χ3v) is 3.93. The molecule has 0 atom stereocenters. The minimum Gasteiger partial charge on any atom is -0.465 e. The molecule has 0 fully saturated rings. The molecule has 4 heteroatoms. The highest BCUT2D eigenvalue weighted by atomic mass is 79.9. The van der Waals surface area contributed by atoms with Crippen molar-refractivity contribution in [1.29, 1.82) is 0 Å². The van der Waals surface area contributed by atoms with Gasteiger partial charge in [-0.25, -0.2) is 4.79 Å². The molecule has 0 spiro atoms. The first-order valence-corrected chi connectivity index (χ1v) is 7.07. The van der Waals surface area contributed by atoms with Crippen LogP contribution in [0.15, 0.2) is 46.9 Å². The minimum atomic E-state index is -0.313. The van der Waals surface area contributed by atoms with Gasteiger partial charge in [-0.05, 0) is 36.2 Å². The highest BCUT2D eigenvalue weighted by Gasteiger charge is 2.10. The molecule has 0 saturated heterocycles. The smallest absolute Gasteiger partial charge is 0.338 e. The van der Waals surface area contributed by atoms with Gasteiger partial charge in [0.25, 0.3) is 0 Å². The summed E-state index contributed by atoms with van der Waals surface area (Å²) in [5.74, 6) is -0.313. The van der Waals surface area contributed by atoms with E-state index < -0.39 is 0 Å². The maximum atomic E-state index is 11.7. The van der Waals surface area contributed by atoms with Crippen molar-refractivity contribution in [3.8, 4) is 0 Å². The van der Waals surface area contributed by atoms with Crippen LogP contribution >= 0.6 is 15.9 Å². The van der Waals surface area contributed by atoms with Gasteiger partial charge in [0, 0.05) is 16.7 Å². The number of halogens is 1. The number of hydrogen-bond donors (Lipinski definition) is 1. The molecule has 0 aliphatic carbocycles. The first-order chi connectivity index (χ1) is 9.61. The summed E-state index contributed by atoms with van der Waals surface area (Å²) in [6, 6.07) is 13.5. The number of ether oxygens (including phenoxy) is 1. The third kappa shape index (κ3) is 3.39. The van der Waals surface area contributed by atoms with Crippen LogP contribution < -0.4 is 5.32 Å². The molecular weight excluding hydrogens is 318 g/mol. The number of hydrogen-bond acceptors (Lipinski definition) is 3. The van der Waals surface area contributed by atoms with E-state index in [1.54, 1.807) is 6.07 Å². The molecule has 2 aromatic rings. The fourth-order valence-corrected chi connectivity index (χ4v) is 2.26. The third-order valence-electron chi connectivity index (χ3n) is 3.08. The maximum Gasteiger partial charge on any atom is 0.338 e. The summed E-state index contributed by atoms with van der Waals surface area (Å²) in [5, 5.41) is 3.31. The lowest BCUT2D eigenvalue weighted by Crippen LogP contribution is -2.09. The van der Waals surface area contributed by atoms with Crippen LogP contribution in [-0.2, 0) is 11.3 Å². The van der Waals surface area contributed by atoms with Crippen LogP contribution in [0.3, 0.4) is 0 Å². The van der Waals surface area contributed by atoms with Gasteiger partial charge in [-0.1, -0.05) is 40.2 Å². The lowest BCUT2D eigenvalue weighted by Gasteiger charge is -2.11. The van der Waals surface area contributed by atoms with Crippen molar-refractivity contribution in [2.45, 2.75) is 13.5 Å². The van der Waals surface area contributed by atoms with Crippen LogP contribution in [0.2, 0.25) is 0 Å². The number of benzene rings is 2. The summed E-state index contributed by atoms with van der Waals surface area (Å²) in [6.45, 7) is 2.61. The van der Waals surface area contributed by atoms with Crippen molar-refractivity contribution >= 4 is 27.6 Å². The van der Waals surface area contributed by atoms with Gasteiger partial charge in [0.2, 0.25) is 0 Å². The average Bonchev–Trinajstić information content (AvgIpc) is 2.48. The van der Waals surface area contributed by atoms with E-state index in [-0.39, 0.29) is 5.97 Å². The van der Waals surface area contributed by atoms with E-state index in [1.165, 1.54) is 12.7 Å². The van der Waals surface area contributed by atoms with Crippen LogP contribution in [0.25, 0.3) is 0 Å². The van der Waals surface area contributed by atoms with Crippen LogP contribution in [0.1, 0.15) is 21.5 Å². The van der Waals surface area contributed by atoms with Gasteiger partial charge in [0.05, 0.1) is 12.7 Å².